The zero-order valence-corrected chi connectivity index (χ0v) is 10.8. The highest BCUT2D eigenvalue weighted by Gasteiger charge is 2.21. The molecular weight excluding hydrogens is 296 g/mol. The van der Waals surface area contributed by atoms with E-state index in [9.17, 15) is 30.1 Å². The predicted octanol–water partition coefficient (Wildman–Crippen LogP) is 1.46. The van der Waals surface area contributed by atoms with Crippen LogP contribution in [0.25, 0.3) is 12.2 Å². The summed E-state index contributed by atoms with van der Waals surface area (Å²) in [6, 6.07) is 5.53. The smallest absolute Gasteiger partial charge is 0.395 e. The van der Waals surface area contributed by atoms with Gasteiger partial charge in [-0.05, 0) is 23.8 Å². The highest BCUT2D eigenvalue weighted by atomic mass is 16.6. The minimum Gasteiger partial charge on any atom is -0.488 e. The minimum absolute atomic E-state index is 0.0725. The normalized spacial score (nSPS) is 10.7. The zero-order chi connectivity index (χ0) is 16.3. The van der Waals surface area contributed by atoms with Gasteiger partial charge in [-0.3, -0.25) is 25.0 Å². The quantitative estimate of drug-likeness (QED) is 0.640. The topological polar surface area (TPSA) is 152 Å². The van der Waals surface area contributed by atoms with Gasteiger partial charge in [0.25, 0.3) is 11.6 Å². The summed E-state index contributed by atoms with van der Waals surface area (Å²) < 4.78 is 0. The van der Waals surface area contributed by atoms with Crippen molar-refractivity contribution in [2.45, 2.75) is 0 Å². The largest absolute Gasteiger partial charge is 0.488 e. The minimum atomic E-state index is -1.08. The summed E-state index contributed by atoms with van der Waals surface area (Å²) in [5.41, 5.74) is -1.61. The Balaban J connectivity index is 2.29. The van der Waals surface area contributed by atoms with Gasteiger partial charge in [0.2, 0.25) is 0 Å². The Morgan fingerprint density at radius 1 is 1.09 bits per heavy atom. The fourth-order valence-corrected chi connectivity index (χ4v) is 1.60. The Hall–Kier alpha value is -3.56. The van der Waals surface area contributed by atoms with Crippen LogP contribution >= 0.6 is 0 Å². The number of nitro benzene ring substituents is 1. The van der Waals surface area contributed by atoms with E-state index in [0.717, 1.165) is 0 Å². The van der Waals surface area contributed by atoms with E-state index in [1.165, 1.54) is 36.4 Å². The van der Waals surface area contributed by atoms with Gasteiger partial charge < -0.3 is 10.1 Å². The number of aromatic hydroxyl groups is 1. The van der Waals surface area contributed by atoms with E-state index >= 15 is 0 Å². The van der Waals surface area contributed by atoms with Crippen molar-refractivity contribution in [3.05, 3.63) is 66.2 Å². The molecule has 0 aliphatic rings. The third-order valence-corrected chi connectivity index (χ3v) is 2.61. The molecule has 1 aromatic carbocycles. The molecule has 0 amide bonds. The lowest BCUT2D eigenvalue weighted by atomic mass is 10.2. The Morgan fingerprint density at radius 2 is 1.73 bits per heavy atom. The number of nitro groups is 2. The van der Waals surface area contributed by atoms with Crippen LogP contribution in [-0.2, 0) is 0 Å². The van der Waals surface area contributed by atoms with Crippen molar-refractivity contribution in [1.82, 2.24) is 9.97 Å². The molecule has 0 aliphatic carbocycles. The van der Waals surface area contributed by atoms with Crippen LogP contribution in [0.15, 0.2) is 29.1 Å². The second-order valence-corrected chi connectivity index (χ2v) is 4.06. The van der Waals surface area contributed by atoms with Gasteiger partial charge in [-0.15, -0.1) is 0 Å². The van der Waals surface area contributed by atoms with E-state index in [2.05, 4.69) is 9.97 Å². The maximum absolute atomic E-state index is 11.4. The van der Waals surface area contributed by atoms with Crippen molar-refractivity contribution < 1.29 is 15.0 Å². The number of H-pyrrole nitrogens is 1. The zero-order valence-electron chi connectivity index (χ0n) is 10.8. The van der Waals surface area contributed by atoms with E-state index in [1.54, 1.807) is 0 Å². The first-order chi connectivity index (χ1) is 10.4. The van der Waals surface area contributed by atoms with Crippen LogP contribution in [0.4, 0.5) is 11.4 Å². The van der Waals surface area contributed by atoms with Gasteiger partial charge >= 0.3 is 11.2 Å². The van der Waals surface area contributed by atoms with E-state index in [1.807, 2.05) is 0 Å². The lowest BCUT2D eigenvalue weighted by Crippen LogP contribution is -2.14. The summed E-state index contributed by atoms with van der Waals surface area (Å²) in [5, 5.41) is 30.4. The summed E-state index contributed by atoms with van der Waals surface area (Å²) >= 11 is 0. The molecule has 0 aliphatic heterocycles. The van der Waals surface area contributed by atoms with E-state index in [0.29, 0.717) is 5.56 Å². The Labute approximate surface area is 121 Å². The number of hydrogen-bond donors (Lipinski definition) is 2. The molecule has 0 saturated carbocycles. The number of non-ortho nitro benzene ring substituents is 1. The second-order valence-electron chi connectivity index (χ2n) is 4.06. The number of hydrogen-bond acceptors (Lipinski definition) is 7. The van der Waals surface area contributed by atoms with E-state index in [-0.39, 0.29) is 11.5 Å². The lowest BCUT2D eigenvalue weighted by molar-refractivity contribution is -0.387. The van der Waals surface area contributed by atoms with Gasteiger partial charge in [-0.2, -0.15) is 4.98 Å². The number of nitrogens with one attached hydrogen (secondary N) is 1. The molecule has 0 spiro atoms. The Morgan fingerprint density at radius 3 is 2.23 bits per heavy atom. The molecule has 0 bridgehead atoms. The molecule has 0 unspecified atom stereocenters. The van der Waals surface area contributed by atoms with Gasteiger partial charge in [0.05, 0.1) is 9.85 Å². The van der Waals surface area contributed by atoms with Crippen LogP contribution in [0.3, 0.4) is 0 Å². The molecule has 2 aromatic rings. The van der Waals surface area contributed by atoms with Crippen molar-refractivity contribution >= 4 is 23.5 Å². The summed E-state index contributed by atoms with van der Waals surface area (Å²) in [6.45, 7) is 0. The maximum atomic E-state index is 11.4. The molecule has 10 nitrogen and oxygen atoms in total. The lowest BCUT2D eigenvalue weighted by Gasteiger charge is -1.97. The SMILES string of the molecule is O=c1[nH]c(/C=C/c2ccc([N+](=O)[O-])cc2)nc(O)c1[N+](=O)[O-]. The van der Waals surface area contributed by atoms with Crippen molar-refractivity contribution in [2.75, 3.05) is 0 Å². The van der Waals surface area contributed by atoms with Crippen molar-refractivity contribution in [3.63, 3.8) is 0 Å². The van der Waals surface area contributed by atoms with E-state index in [4.69, 9.17) is 0 Å². The molecule has 1 aromatic heterocycles. The first-order valence-corrected chi connectivity index (χ1v) is 5.78. The molecule has 0 fully saturated rings. The third kappa shape index (κ3) is 3.12. The number of rotatable bonds is 4. The van der Waals surface area contributed by atoms with Crippen LogP contribution in [-0.4, -0.2) is 24.9 Å². The fraction of sp³-hybridized carbons (Fsp3) is 0. The number of aromatic nitrogens is 2. The van der Waals surface area contributed by atoms with Crippen LogP contribution in [0.2, 0.25) is 0 Å². The summed E-state index contributed by atoms with van der Waals surface area (Å²) in [5.74, 6) is -1.08. The maximum Gasteiger partial charge on any atom is 0.395 e. The average molecular weight is 304 g/mol. The monoisotopic (exact) mass is 304 g/mol. The predicted molar refractivity (Wildman–Crippen MR) is 75.2 cm³/mol. The standard InChI is InChI=1S/C12H8N4O6/c17-11-10(16(21)22)12(18)14-9(13-11)6-3-7-1-4-8(5-2-7)15(19)20/h1-6H,(H2,13,14,17,18)/b6-3+. The summed E-state index contributed by atoms with van der Waals surface area (Å²) in [6.07, 6.45) is 2.76. The van der Waals surface area contributed by atoms with Crippen molar-refractivity contribution in [1.29, 1.82) is 0 Å². The van der Waals surface area contributed by atoms with Gasteiger partial charge in [-0.1, -0.05) is 6.08 Å². The van der Waals surface area contributed by atoms with Gasteiger partial charge in [0, 0.05) is 12.1 Å². The van der Waals surface area contributed by atoms with Crippen molar-refractivity contribution in [3.8, 4) is 5.88 Å². The molecule has 0 atom stereocenters. The van der Waals surface area contributed by atoms with Crippen LogP contribution in [0, 0.1) is 20.2 Å². The average Bonchev–Trinajstić information content (AvgIpc) is 2.44. The second kappa shape index (κ2) is 5.83. The van der Waals surface area contributed by atoms with Gasteiger partial charge in [0.15, 0.2) is 0 Å². The number of nitrogens with zero attached hydrogens (tertiary/aromatic N) is 3. The molecular formula is C12H8N4O6. The summed E-state index contributed by atoms with van der Waals surface area (Å²) in [4.78, 5) is 36.5. The molecule has 2 N–H and O–H groups in total. The first-order valence-electron chi connectivity index (χ1n) is 5.78. The highest BCUT2D eigenvalue weighted by Crippen LogP contribution is 2.18. The first kappa shape index (κ1) is 14.8. The number of aromatic amines is 1. The highest BCUT2D eigenvalue weighted by molar-refractivity contribution is 5.67. The van der Waals surface area contributed by atoms with Gasteiger partial charge in [0.1, 0.15) is 5.82 Å². The number of benzene rings is 1. The van der Waals surface area contributed by atoms with Gasteiger partial charge in [-0.25, -0.2) is 0 Å². The molecule has 112 valence electrons. The molecule has 0 saturated heterocycles. The van der Waals surface area contributed by atoms with Crippen LogP contribution < -0.4 is 5.56 Å². The fourth-order valence-electron chi connectivity index (χ4n) is 1.60. The Bertz CT molecular complexity index is 825. The summed E-state index contributed by atoms with van der Waals surface area (Å²) in [7, 11) is 0. The molecule has 2 rings (SSSR count). The van der Waals surface area contributed by atoms with Crippen LogP contribution in [0.5, 0.6) is 5.88 Å². The molecule has 1 heterocycles. The molecule has 0 radical (unpaired) electrons. The molecule has 10 heteroatoms. The third-order valence-electron chi connectivity index (χ3n) is 2.61. The van der Waals surface area contributed by atoms with E-state index < -0.39 is 27.0 Å². The molecule has 22 heavy (non-hydrogen) atoms. The van der Waals surface area contributed by atoms with Crippen LogP contribution in [0.1, 0.15) is 11.4 Å². The Kier molecular flexibility index (Phi) is 3.93. The van der Waals surface area contributed by atoms with Crippen molar-refractivity contribution in [2.24, 2.45) is 0 Å².